The summed E-state index contributed by atoms with van der Waals surface area (Å²) in [4.78, 5) is 39.0. The van der Waals surface area contributed by atoms with Crippen molar-refractivity contribution < 1.29 is 19.1 Å². The maximum atomic E-state index is 12.2. The normalized spacial score (nSPS) is 13.0. The molecular formula is C20H21ClN2O4S. The van der Waals surface area contributed by atoms with Gasteiger partial charge >= 0.3 is 5.97 Å². The van der Waals surface area contributed by atoms with Crippen LogP contribution in [0.2, 0.25) is 5.02 Å². The van der Waals surface area contributed by atoms with Crippen LogP contribution in [-0.4, -0.2) is 42.4 Å². The van der Waals surface area contributed by atoms with E-state index in [1.807, 2.05) is 11.4 Å². The summed E-state index contributed by atoms with van der Waals surface area (Å²) in [6, 6.07) is 8.59. The molecule has 3 rings (SSSR count). The standard InChI is InChI=1S/C20H21ClN2O4S/c21-16-5-3-14(4-6-16)20(26)22-9-1-2-19(25)27-13-18(24)23-10-7-17-15(12-23)8-11-28-17/h3-6,8,11H,1-2,7,9-10,12-13H2,(H,22,26). The first-order valence-electron chi connectivity index (χ1n) is 9.05. The highest BCUT2D eigenvalue weighted by Gasteiger charge is 2.22. The number of halogens is 1. The van der Waals surface area contributed by atoms with Crippen molar-refractivity contribution in [3.8, 4) is 0 Å². The number of amides is 2. The molecule has 1 N–H and O–H groups in total. The predicted molar refractivity (Wildman–Crippen MR) is 107 cm³/mol. The molecule has 8 heteroatoms. The van der Waals surface area contributed by atoms with Crippen LogP contribution in [-0.2, 0) is 27.3 Å². The van der Waals surface area contributed by atoms with Gasteiger partial charge < -0.3 is 15.0 Å². The number of nitrogens with zero attached hydrogens (tertiary/aromatic N) is 1. The smallest absolute Gasteiger partial charge is 0.306 e. The number of fused-ring (bicyclic) bond motifs is 1. The Morgan fingerprint density at radius 3 is 2.75 bits per heavy atom. The van der Waals surface area contributed by atoms with E-state index in [0.717, 1.165) is 6.42 Å². The molecule has 0 atom stereocenters. The lowest BCUT2D eigenvalue weighted by Crippen LogP contribution is -2.38. The Bertz CT molecular complexity index is 850. The monoisotopic (exact) mass is 420 g/mol. The van der Waals surface area contributed by atoms with Gasteiger partial charge in [-0.25, -0.2) is 0 Å². The van der Waals surface area contributed by atoms with Crippen LogP contribution < -0.4 is 5.32 Å². The molecule has 0 spiro atoms. The maximum Gasteiger partial charge on any atom is 0.306 e. The van der Waals surface area contributed by atoms with Crippen LogP contribution >= 0.6 is 22.9 Å². The van der Waals surface area contributed by atoms with Crippen LogP contribution in [0.5, 0.6) is 0 Å². The molecule has 1 aromatic carbocycles. The summed E-state index contributed by atoms with van der Waals surface area (Å²) in [5.41, 5.74) is 1.68. The van der Waals surface area contributed by atoms with Crippen molar-refractivity contribution in [2.75, 3.05) is 19.7 Å². The molecule has 1 aliphatic heterocycles. The summed E-state index contributed by atoms with van der Waals surface area (Å²) in [5, 5.41) is 5.33. The highest BCUT2D eigenvalue weighted by atomic mass is 35.5. The summed E-state index contributed by atoms with van der Waals surface area (Å²) in [6.07, 6.45) is 1.43. The molecule has 0 saturated heterocycles. The van der Waals surface area contributed by atoms with E-state index in [0.29, 0.717) is 36.6 Å². The van der Waals surface area contributed by atoms with E-state index in [2.05, 4.69) is 5.32 Å². The molecule has 0 bridgehead atoms. The first-order valence-corrected chi connectivity index (χ1v) is 10.3. The van der Waals surface area contributed by atoms with E-state index in [4.69, 9.17) is 16.3 Å². The first-order chi connectivity index (χ1) is 13.5. The average Bonchev–Trinajstić information content (AvgIpc) is 3.17. The quantitative estimate of drug-likeness (QED) is 0.551. The van der Waals surface area contributed by atoms with Crippen molar-refractivity contribution in [1.29, 1.82) is 0 Å². The van der Waals surface area contributed by atoms with Gasteiger partial charge in [0, 0.05) is 41.5 Å². The van der Waals surface area contributed by atoms with E-state index >= 15 is 0 Å². The molecule has 148 valence electrons. The number of esters is 1. The van der Waals surface area contributed by atoms with Gasteiger partial charge in [0.15, 0.2) is 6.61 Å². The molecule has 1 aromatic heterocycles. The van der Waals surface area contributed by atoms with E-state index in [1.165, 1.54) is 10.4 Å². The molecule has 28 heavy (non-hydrogen) atoms. The van der Waals surface area contributed by atoms with Gasteiger partial charge in [0.05, 0.1) is 0 Å². The van der Waals surface area contributed by atoms with Gasteiger partial charge in [-0.15, -0.1) is 11.3 Å². The van der Waals surface area contributed by atoms with Gasteiger partial charge in [-0.2, -0.15) is 0 Å². The fourth-order valence-electron chi connectivity index (χ4n) is 2.91. The van der Waals surface area contributed by atoms with Gasteiger partial charge in [-0.1, -0.05) is 11.6 Å². The number of nitrogens with one attached hydrogen (secondary N) is 1. The van der Waals surface area contributed by atoms with E-state index < -0.39 is 5.97 Å². The minimum atomic E-state index is -0.442. The second kappa shape index (κ2) is 9.71. The zero-order valence-corrected chi connectivity index (χ0v) is 16.9. The third-order valence-electron chi connectivity index (χ3n) is 4.47. The van der Waals surface area contributed by atoms with Crippen LogP contribution in [0.3, 0.4) is 0 Å². The Balaban J connectivity index is 1.31. The Morgan fingerprint density at radius 2 is 1.96 bits per heavy atom. The number of ether oxygens (including phenoxy) is 1. The summed E-state index contributed by atoms with van der Waals surface area (Å²) < 4.78 is 5.08. The second-order valence-electron chi connectivity index (χ2n) is 6.46. The Labute approximate surface area is 172 Å². The van der Waals surface area contributed by atoms with Crippen molar-refractivity contribution >= 4 is 40.7 Å². The lowest BCUT2D eigenvalue weighted by atomic mass is 10.1. The number of hydrogen-bond donors (Lipinski definition) is 1. The number of carbonyl (C=O) groups is 3. The van der Waals surface area contributed by atoms with Crippen LogP contribution in [0.1, 0.15) is 33.6 Å². The molecule has 0 aliphatic carbocycles. The zero-order chi connectivity index (χ0) is 19.9. The summed E-state index contributed by atoms with van der Waals surface area (Å²) in [7, 11) is 0. The number of carbonyl (C=O) groups excluding carboxylic acids is 3. The summed E-state index contributed by atoms with van der Waals surface area (Å²) in [6.45, 7) is 1.33. The van der Waals surface area contributed by atoms with Gasteiger partial charge in [0.2, 0.25) is 0 Å². The zero-order valence-electron chi connectivity index (χ0n) is 15.3. The molecule has 0 unspecified atom stereocenters. The van der Waals surface area contributed by atoms with Crippen LogP contribution in [0.15, 0.2) is 35.7 Å². The van der Waals surface area contributed by atoms with Crippen molar-refractivity contribution in [3.05, 3.63) is 56.7 Å². The van der Waals surface area contributed by atoms with Crippen LogP contribution in [0.25, 0.3) is 0 Å². The number of thiophene rings is 1. The Kier molecular flexibility index (Phi) is 7.06. The molecular weight excluding hydrogens is 400 g/mol. The topological polar surface area (TPSA) is 75.7 Å². The highest BCUT2D eigenvalue weighted by molar-refractivity contribution is 7.10. The minimum Gasteiger partial charge on any atom is -0.456 e. The number of hydrogen-bond acceptors (Lipinski definition) is 5. The largest absolute Gasteiger partial charge is 0.456 e. The number of rotatable bonds is 7. The fraction of sp³-hybridized carbons (Fsp3) is 0.350. The van der Waals surface area contributed by atoms with Crippen molar-refractivity contribution in [1.82, 2.24) is 10.2 Å². The number of benzene rings is 1. The third-order valence-corrected chi connectivity index (χ3v) is 5.74. The SMILES string of the molecule is O=C(CCCNC(=O)c1ccc(Cl)cc1)OCC(=O)N1CCc2sccc2C1. The first kappa shape index (κ1) is 20.4. The molecule has 0 radical (unpaired) electrons. The van der Waals surface area contributed by atoms with Gasteiger partial charge in [-0.05, 0) is 54.1 Å². The van der Waals surface area contributed by atoms with Crippen molar-refractivity contribution in [2.45, 2.75) is 25.8 Å². The Morgan fingerprint density at radius 1 is 1.18 bits per heavy atom. The fourth-order valence-corrected chi connectivity index (χ4v) is 3.92. The maximum absolute atomic E-state index is 12.2. The summed E-state index contributed by atoms with van der Waals surface area (Å²) >= 11 is 7.50. The predicted octanol–water partition coefficient (Wildman–Crippen LogP) is 3.04. The third kappa shape index (κ3) is 5.56. The van der Waals surface area contributed by atoms with Gasteiger partial charge in [0.1, 0.15) is 0 Å². The lowest BCUT2D eigenvalue weighted by molar-refractivity contribution is -0.152. The Hall–Kier alpha value is -2.38. The van der Waals surface area contributed by atoms with E-state index in [9.17, 15) is 14.4 Å². The molecule has 2 amide bonds. The molecule has 0 saturated carbocycles. The molecule has 2 heterocycles. The van der Waals surface area contributed by atoms with Gasteiger partial charge in [-0.3, -0.25) is 14.4 Å². The second-order valence-corrected chi connectivity index (χ2v) is 7.90. The van der Waals surface area contributed by atoms with Crippen molar-refractivity contribution in [3.63, 3.8) is 0 Å². The minimum absolute atomic E-state index is 0.142. The molecule has 0 fully saturated rings. The molecule has 1 aliphatic rings. The van der Waals surface area contributed by atoms with E-state index in [1.54, 1.807) is 40.5 Å². The van der Waals surface area contributed by atoms with E-state index in [-0.39, 0.29) is 24.8 Å². The summed E-state index contributed by atoms with van der Waals surface area (Å²) in [5.74, 6) is -0.846. The average molecular weight is 421 g/mol. The lowest BCUT2D eigenvalue weighted by Gasteiger charge is -2.26. The van der Waals surface area contributed by atoms with Crippen molar-refractivity contribution in [2.24, 2.45) is 0 Å². The molecule has 6 nitrogen and oxygen atoms in total. The molecule has 2 aromatic rings. The van der Waals surface area contributed by atoms with Gasteiger partial charge in [0.25, 0.3) is 11.8 Å². The highest BCUT2D eigenvalue weighted by Crippen LogP contribution is 2.23. The van der Waals surface area contributed by atoms with Crippen LogP contribution in [0.4, 0.5) is 0 Å². The van der Waals surface area contributed by atoms with Crippen LogP contribution in [0, 0.1) is 0 Å².